The van der Waals surface area contributed by atoms with E-state index in [1.807, 2.05) is 0 Å². The standard InChI is InChI=1S/C17H25F2N/c1-11(2)13-5-4-9-17(20,10-8-13)14-7-6-12(3)15(18)16(14)19/h6-7,11,13H,4-5,8-10,20H2,1-3H3. The Balaban J connectivity index is 2.29. The molecule has 112 valence electrons. The number of rotatable bonds is 2. The summed E-state index contributed by atoms with van der Waals surface area (Å²) in [4.78, 5) is 0. The van der Waals surface area contributed by atoms with E-state index in [0.29, 0.717) is 23.0 Å². The van der Waals surface area contributed by atoms with Gasteiger partial charge >= 0.3 is 0 Å². The molecule has 1 aromatic carbocycles. The third-order valence-corrected chi connectivity index (χ3v) is 4.91. The molecule has 1 aliphatic rings. The number of benzene rings is 1. The predicted molar refractivity (Wildman–Crippen MR) is 78.4 cm³/mol. The van der Waals surface area contributed by atoms with Gasteiger partial charge in [-0.2, -0.15) is 0 Å². The van der Waals surface area contributed by atoms with Crippen LogP contribution in [0.15, 0.2) is 12.1 Å². The van der Waals surface area contributed by atoms with Crippen molar-refractivity contribution >= 4 is 0 Å². The molecule has 0 radical (unpaired) electrons. The van der Waals surface area contributed by atoms with Crippen LogP contribution >= 0.6 is 0 Å². The van der Waals surface area contributed by atoms with E-state index in [1.54, 1.807) is 19.1 Å². The van der Waals surface area contributed by atoms with Crippen LogP contribution in [0.5, 0.6) is 0 Å². The van der Waals surface area contributed by atoms with Crippen LogP contribution in [0.2, 0.25) is 0 Å². The molecule has 0 spiro atoms. The fourth-order valence-corrected chi connectivity index (χ4v) is 3.36. The molecular weight excluding hydrogens is 256 g/mol. The van der Waals surface area contributed by atoms with Crippen LogP contribution in [0.4, 0.5) is 8.78 Å². The quantitative estimate of drug-likeness (QED) is 0.784. The maximum Gasteiger partial charge on any atom is 0.164 e. The third-order valence-electron chi connectivity index (χ3n) is 4.91. The smallest absolute Gasteiger partial charge is 0.164 e. The van der Waals surface area contributed by atoms with Crippen molar-refractivity contribution in [3.8, 4) is 0 Å². The Morgan fingerprint density at radius 3 is 2.50 bits per heavy atom. The molecule has 0 amide bonds. The first-order chi connectivity index (χ1) is 9.35. The third kappa shape index (κ3) is 2.88. The van der Waals surface area contributed by atoms with E-state index in [9.17, 15) is 8.78 Å². The Morgan fingerprint density at radius 2 is 1.85 bits per heavy atom. The van der Waals surface area contributed by atoms with E-state index in [1.165, 1.54) is 0 Å². The van der Waals surface area contributed by atoms with Crippen molar-refractivity contribution < 1.29 is 8.78 Å². The molecule has 20 heavy (non-hydrogen) atoms. The lowest BCUT2D eigenvalue weighted by atomic mass is 9.82. The highest BCUT2D eigenvalue weighted by Gasteiger charge is 2.34. The summed E-state index contributed by atoms with van der Waals surface area (Å²) in [5.74, 6) is -0.247. The molecule has 0 aromatic heterocycles. The summed E-state index contributed by atoms with van der Waals surface area (Å²) in [6.45, 7) is 6.02. The zero-order valence-corrected chi connectivity index (χ0v) is 12.7. The maximum atomic E-state index is 14.2. The van der Waals surface area contributed by atoms with Crippen LogP contribution in [0, 0.1) is 30.4 Å². The minimum Gasteiger partial charge on any atom is -0.321 e. The van der Waals surface area contributed by atoms with Crippen LogP contribution in [0.3, 0.4) is 0 Å². The van der Waals surface area contributed by atoms with Gasteiger partial charge in [-0.1, -0.05) is 38.8 Å². The molecule has 3 heteroatoms. The molecule has 1 nitrogen and oxygen atoms in total. The van der Waals surface area contributed by atoms with Crippen molar-refractivity contribution in [3.63, 3.8) is 0 Å². The van der Waals surface area contributed by atoms with Gasteiger partial charge in [0.1, 0.15) is 0 Å². The topological polar surface area (TPSA) is 26.0 Å². The fourth-order valence-electron chi connectivity index (χ4n) is 3.36. The van der Waals surface area contributed by atoms with Gasteiger partial charge in [-0.3, -0.25) is 0 Å². The van der Waals surface area contributed by atoms with Crippen LogP contribution < -0.4 is 5.73 Å². The first-order valence-electron chi connectivity index (χ1n) is 7.59. The summed E-state index contributed by atoms with van der Waals surface area (Å²) in [5.41, 5.74) is 6.42. The Morgan fingerprint density at radius 1 is 1.15 bits per heavy atom. The average Bonchev–Trinajstić information content (AvgIpc) is 2.59. The van der Waals surface area contributed by atoms with Gasteiger partial charge in [0.2, 0.25) is 0 Å². The van der Waals surface area contributed by atoms with Gasteiger partial charge in [-0.15, -0.1) is 0 Å². The van der Waals surface area contributed by atoms with Gasteiger partial charge in [0, 0.05) is 11.1 Å². The number of aryl methyl sites for hydroxylation is 1. The lowest BCUT2D eigenvalue weighted by Crippen LogP contribution is -2.37. The minimum atomic E-state index is -0.754. The SMILES string of the molecule is Cc1ccc(C2(N)CCCC(C(C)C)CC2)c(F)c1F. The van der Waals surface area contributed by atoms with Gasteiger partial charge in [0.05, 0.1) is 0 Å². The van der Waals surface area contributed by atoms with Gasteiger partial charge in [-0.05, 0) is 43.6 Å². The molecule has 2 unspecified atom stereocenters. The molecule has 2 atom stereocenters. The summed E-state index contributed by atoms with van der Waals surface area (Å²) in [6.07, 6.45) is 4.56. The van der Waals surface area contributed by atoms with Crippen LogP contribution in [-0.2, 0) is 5.54 Å². The van der Waals surface area contributed by atoms with Gasteiger partial charge in [0.25, 0.3) is 0 Å². The number of nitrogens with two attached hydrogens (primary N) is 1. The van der Waals surface area contributed by atoms with E-state index >= 15 is 0 Å². The Labute approximate surface area is 120 Å². The summed E-state index contributed by atoms with van der Waals surface area (Å²) in [6, 6.07) is 3.30. The fraction of sp³-hybridized carbons (Fsp3) is 0.647. The summed E-state index contributed by atoms with van der Waals surface area (Å²) in [5, 5.41) is 0. The summed E-state index contributed by atoms with van der Waals surface area (Å²) >= 11 is 0. The van der Waals surface area contributed by atoms with Crippen LogP contribution in [-0.4, -0.2) is 0 Å². The molecule has 0 bridgehead atoms. The minimum absolute atomic E-state index is 0.337. The molecule has 1 aliphatic carbocycles. The summed E-state index contributed by atoms with van der Waals surface area (Å²) in [7, 11) is 0. The normalized spacial score (nSPS) is 27.6. The lowest BCUT2D eigenvalue weighted by molar-refractivity contribution is 0.319. The van der Waals surface area contributed by atoms with E-state index in [-0.39, 0.29) is 0 Å². The molecule has 1 aromatic rings. The van der Waals surface area contributed by atoms with Gasteiger partial charge in [0.15, 0.2) is 11.6 Å². The van der Waals surface area contributed by atoms with Crippen molar-refractivity contribution in [2.24, 2.45) is 17.6 Å². The molecule has 2 N–H and O–H groups in total. The zero-order chi connectivity index (χ0) is 14.9. The molecule has 1 fully saturated rings. The highest BCUT2D eigenvalue weighted by atomic mass is 19.2. The van der Waals surface area contributed by atoms with Crippen LogP contribution in [0.25, 0.3) is 0 Å². The number of hydrogen-bond donors (Lipinski definition) is 1. The molecule has 0 heterocycles. The molecule has 1 saturated carbocycles. The monoisotopic (exact) mass is 281 g/mol. The highest BCUT2D eigenvalue weighted by molar-refractivity contribution is 5.31. The molecule has 0 aliphatic heterocycles. The van der Waals surface area contributed by atoms with Crippen molar-refractivity contribution in [3.05, 3.63) is 34.9 Å². The average molecular weight is 281 g/mol. The van der Waals surface area contributed by atoms with Crippen molar-refractivity contribution in [2.45, 2.75) is 58.4 Å². The molecule has 2 rings (SSSR count). The van der Waals surface area contributed by atoms with E-state index in [2.05, 4.69) is 13.8 Å². The van der Waals surface area contributed by atoms with Gasteiger partial charge in [-0.25, -0.2) is 8.78 Å². The van der Waals surface area contributed by atoms with E-state index < -0.39 is 17.2 Å². The first kappa shape index (κ1) is 15.4. The maximum absolute atomic E-state index is 14.2. The van der Waals surface area contributed by atoms with E-state index in [4.69, 9.17) is 5.73 Å². The van der Waals surface area contributed by atoms with Crippen molar-refractivity contribution in [1.29, 1.82) is 0 Å². The van der Waals surface area contributed by atoms with Gasteiger partial charge < -0.3 is 5.73 Å². The molecule has 0 saturated heterocycles. The lowest BCUT2D eigenvalue weighted by Gasteiger charge is -2.30. The predicted octanol–water partition coefficient (Wildman–Crippen LogP) is 4.66. The first-order valence-corrected chi connectivity index (χ1v) is 7.59. The number of hydrogen-bond acceptors (Lipinski definition) is 1. The summed E-state index contributed by atoms with van der Waals surface area (Å²) < 4.78 is 28.0. The number of halogens is 2. The Kier molecular flexibility index (Phi) is 4.48. The second-order valence-corrected chi connectivity index (χ2v) is 6.65. The Hall–Kier alpha value is -0.960. The molecular formula is C17H25F2N. The van der Waals surface area contributed by atoms with Crippen molar-refractivity contribution in [2.75, 3.05) is 0 Å². The second kappa shape index (κ2) is 5.80. The second-order valence-electron chi connectivity index (χ2n) is 6.65. The highest BCUT2D eigenvalue weighted by Crippen LogP contribution is 2.39. The van der Waals surface area contributed by atoms with E-state index in [0.717, 1.165) is 32.1 Å². The van der Waals surface area contributed by atoms with Crippen molar-refractivity contribution in [1.82, 2.24) is 0 Å². The van der Waals surface area contributed by atoms with Crippen LogP contribution in [0.1, 0.15) is 57.1 Å². The Bertz CT molecular complexity index is 484. The zero-order valence-electron chi connectivity index (χ0n) is 12.7. The largest absolute Gasteiger partial charge is 0.321 e.